The van der Waals surface area contributed by atoms with Gasteiger partial charge in [-0.25, -0.2) is 4.79 Å². The number of nitrogens with zero attached hydrogens (tertiary/aromatic N) is 1. The van der Waals surface area contributed by atoms with Crippen molar-refractivity contribution in [2.24, 2.45) is 0 Å². The second kappa shape index (κ2) is 6.00. The Bertz CT molecular complexity index is 598. The highest BCUT2D eigenvalue weighted by Crippen LogP contribution is 2.23. The lowest BCUT2D eigenvalue weighted by atomic mass is 10.0. The van der Waals surface area contributed by atoms with Crippen molar-refractivity contribution in [3.05, 3.63) is 23.7 Å². The number of aryl methyl sites for hydroxylation is 1. The number of carbonyl (C=O) groups excluding carboxylic acids is 2. The van der Waals surface area contributed by atoms with Gasteiger partial charge in [0, 0.05) is 6.54 Å². The van der Waals surface area contributed by atoms with Crippen LogP contribution in [0.15, 0.2) is 16.5 Å². The lowest BCUT2D eigenvalue weighted by Crippen LogP contribution is -2.53. The number of hydrogen-bond acceptors (Lipinski definition) is 5. The highest BCUT2D eigenvalue weighted by molar-refractivity contribution is 5.91. The van der Waals surface area contributed by atoms with Gasteiger partial charge in [0.25, 0.3) is 0 Å². The van der Waals surface area contributed by atoms with Crippen LogP contribution in [0.5, 0.6) is 0 Å². The molecule has 1 N–H and O–H groups in total. The summed E-state index contributed by atoms with van der Waals surface area (Å²) in [5.74, 6) is 1.09. The van der Waals surface area contributed by atoms with Crippen molar-refractivity contribution in [2.75, 3.05) is 6.54 Å². The lowest BCUT2D eigenvalue weighted by molar-refractivity contribution is -0.163. The van der Waals surface area contributed by atoms with Crippen LogP contribution < -0.4 is 5.32 Å². The second-order valence-electron chi connectivity index (χ2n) is 7.57. The van der Waals surface area contributed by atoms with E-state index >= 15 is 0 Å². The molecular formula is C17H26N2O4. The van der Waals surface area contributed by atoms with Crippen LogP contribution in [0.25, 0.3) is 0 Å². The first-order valence-corrected chi connectivity index (χ1v) is 7.83. The molecule has 1 aliphatic rings. The standard InChI is InChI=1S/C17H26N2O4/c1-11-7-8-12(22-11)9-19-10-13(19)14(20)18-17(5,6)15(21)23-16(2,3)4/h7-8,13H,9-10H2,1-6H3,(H,18,20). The molecule has 1 fully saturated rings. The average molecular weight is 322 g/mol. The molecule has 23 heavy (non-hydrogen) atoms. The Morgan fingerprint density at radius 3 is 2.48 bits per heavy atom. The summed E-state index contributed by atoms with van der Waals surface area (Å²) < 4.78 is 10.9. The Morgan fingerprint density at radius 1 is 1.30 bits per heavy atom. The fraction of sp³-hybridized carbons (Fsp3) is 0.647. The summed E-state index contributed by atoms with van der Waals surface area (Å²) in [7, 11) is 0. The number of hydrogen-bond donors (Lipinski definition) is 1. The molecule has 0 aromatic carbocycles. The molecule has 2 rings (SSSR count). The number of amides is 1. The number of nitrogens with one attached hydrogen (secondary N) is 1. The van der Waals surface area contributed by atoms with Crippen LogP contribution in [0.4, 0.5) is 0 Å². The van der Waals surface area contributed by atoms with E-state index in [2.05, 4.69) is 5.32 Å². The highest BCUT2D eigenvalue weighted by atomic mass is 16.6. The van der Waals surface area contributed by atoms with Crippen LogP contribution in [-0.4, -0.2) is 40.5 Å². The van der Waals surface area contributed by atoms with Crippen molar-refractivity contribution in [3.8, 4) is 0 Å². The smallest absolute Gasteiger partial charge is 0.331 e. The van der Waals surface area contributed by atoms with Gasteiger partial charge in [-0.05, 0) is 53.7 Å². The van der Waals surface area contributed by atoms with Gasteiger partial charge in [0.15, 0.2) is 0 Å². The second-order valence-corrected chi connectivity index (χ2v) is 7.57. The van der Waals surface area contributed by atoms with Gasteiger partial charge >= 0.3 is 5.97 Å². The molecule has 1 aromatic heterocycles. The molecule has 1 saturated heterocycles. The Kier molecular flexibility index (Phi) is 4.57. The van der Waals surface area contributed by atoms with Gasteiger partial charge in [0.05, 0.1) is 6.54 Å². The van der Waals surface area contributed by atoms with Gasteiger partial charge in [-0.1, -0.05) is 0 Å². The third kappa shape index (κ3) is 4.82. The summed E-state index contributed by atoms with van der Waals surface area (Å²) >= 11 is 0. The number of furan rings is 1. The molecule has 1 aliphatic heterocycles. The van der Waals surface area contributed by atoms with Gasteiger partial charge in [-0.15, -0.1) is 0 Å². The molecule has 2 atom stereocenters. The molecule has 0 bridgehead atoms. The van der Waals surface area contributed by atoms with Crippen molar-refractivity contribution in [2.45, 2.75) is 65.3 Å². The zero-order valence-corrected chi connectivity index (χ0v) is 14.7. The van der Waals surface area contributed by atoms with Crippen molar-refractivity contribution in [3.63, 3.8) is 0 Å². The van der Waals surface area contributed by atoms with E-state index in [4.69, 9.17) is 9.15 Å². The number of esters is 1. The van der Waals surface area contributed by atoms with Gasteiger partial charge in [-0.2, -0.15) is 0 Å². The van der Waals surface area contributed by atoms with E-state index in [1.165, 1.54) is 0 Å². The zero-order chi connectivity index (χ0) is 17.4. The maximum atomic E-state index is 12.3. The fourth-order valence-corrected chi connectivity index (χ4v) is 2.22. The van der Waals surface area contributed by atoms with Crippen molar-refractivity contribution in [1.29, 1.82) is 0 Å². The summed E-state index contributed by atoms with van der Waals surface area (Å²) in [5, 5.41) is 2.78. The Labute approximate surface area is 137 Å². The van der Waals surface area contributed by atoms with E-state index < -0.39 is 17.1 Å². The monoisotopic (exact) mass is 322 g/mol. The molecular weight excluding hydrogens is 296 g/mol. The quantitative estimate of drug-likeness (QED) is 0.663. The fourth-order valence-electron chi connectivity index (χ4n) is 2.22. The molecule has 2 heterocycles. The molecule has 0 saturated carbocycles. The summed E-state index contributed by atoms with van der Waals surface area (Å²) in [6.07, 6.45) is 0. The predicted molar refractivity (Wildman–Crippen MR) is 85.7 cm³/mol. The van der Waals surface area contributed by atoms with Crippen LogP contribution in [0, 0.1) is 6.92 Å². The minimum atomic E-state index is -1.06. The Balaban J connectivity index is 1.86. The van der Waals surface area contributed by atoms with Crippen LogP contribution in [0.1, 0.15) is 46.1 Å². The maximum absolute atomic E-state index is 12.3. The minimum absolute atomic E-state index is 0.163. The van der Waals surface area contributed by atoms with E-state index in [9.17, 15) is 9.59 Å². The topological polar surface area (TPSA) is 71.5 Å². The molecule has 0 spiro atoms. The number of carbonyl (C=O) groups is 2. The van der Waals surface area contributed by atoms with Crippen molar-refractivity contribution < 1.29 is 18.7 Å². The first-order chi connectivity index (χ1) is 10.5. The van der Waals surface area contributed by atoms with Gasteiger partial charge < -0.3 is 14.5 Å². The molecule has 128 valence electrons. The molecule has 6 nitrogen and oxygen atoms in total. The average Bonchev–Trinajstić information content (AvgIpc) is 3.01. The van der Waals surface area contributed by atoms with Crippen molar-refractivity contribution in [1.82, 2.24) is 10.2 Å². The van der Waals surface area contributed by atoms with Crippen LogP contribution >= 0.6 is 0 Å². The van der Waals surface area contributed by atoms with Crippen LogP contribution in [0.2, 0.25) is 0 Å². The summed E-state index contributed by atoms with van der Waals surface area (Å²) in [6, 6.07) is 3.59. The Morgan fingerprint density at radius 2 is 1.96 bits per heavy atom. The Hall–Kier alpha value is -1.82. The third-order valence-electron chi connectivity index (χ3n) is 3.52. The van der Waals surface area contributed by atoms with E-state index in [0.29, 0.717) is 13.1 Å². The predicted octanol–water partition coefficient (Wildman–Crippen LogP) is 2.01. The van der Waals surface area contributed by atoms with E-state index in [1.807, 2.05) is 24.0 Å². The summed E-state index contributed by atoms with van der Waals surface area (Å²) in [5.41, 5.74) is -1.64. The first-order valence-electron chi connectivity index (χ1n) is 7.83. The first kappa shape index (κ1) is 17.5. The maximum Gasteiger partial charge on any atom is 0.331 e. The van der Waals surface area contributed by atoms with E-state index in [1.54, 1.807) is 34.6 Å². The molecule has 1 amide bonds. The highest BCUT2D eigenvalue weighted by Gasteiger charge is 2.44. The molecule has 1 aromatic rings. The van der Waals surface area contributed by atoms with Gasteiger partial charge in [-0.3, -0.25) is 9.69 Å². The third-order valence-corrected chi connectivity index (χ3v) is 3.52. The molecule has 2 unspecified atom stereocenters. The minimum Gasteiger partial charge on any atom is -0.465 e. The molecule has 0 aliphatic carbocycles. The lowest BCUT2D eigenvalue weighted by Gasteiger charge is -2.29. The molecule has 6 heteroatoms. The molecule has 0 radical (unpaired) electrons. The van der Waals surface area contributed by atoms with E-state index in [-0.39, 0.29) is 11.9 Å². The van der Waals surface area contributed by atoms with E-state index in [0.717, 1.165) is 11.5 Å². The largest absolute Gasteiger partial charge is 0.465 e. The normalized spacial score (nSPS) is 21.0. The SMILES string of the molecule is Cc1ccc(CN2CC2C(=O)NC(C)(C)C(=O)OC(C)(C)C)o1. The number of rotatable bonds is 5. The summed E-state index contributed by atoms with van der Waals surface area (Å²) in [6.45, 7) is 11.9. The van der Waals surface area contributed by atoms with Gasteiger partial charge in [0.2, 0.25) is 5.91 Å². The number of ether oxygens (including phenoxy) is 1. The zero-order valence-electron chi connectivity index (χ0n) is 14.7. The summed E-state index contributed by atoms with van der Waals surface area (Å²) in [4.78, 5) is 26.5. The van der Waals surface area contributed by atoms with Gasteiger partial charge in [0.1, 0.15) is 28.7 Å². The van der Waals surface area contributed by atoms with Crippen LogP contribution in [0.3, 0.4) is 0 Å². The van der Waals surface area contributed by atoms with Crippen molar-refractivity contribution >= 4 is 11.9 Å². The van der Waals surface area contributed by atoms with Crippen LogP contribution in [-0.2, 0) is 20.9 Å².